The molecule has 0 amide bonds. The van der Waals surface area contributed by atoms with E-state index < -0.39 is 6.10 Å². The minimum atomic E-state index is -0.799. The summed E-state index contributed by atoms with van der Waals surface area (Å²) in [5, 5.41) is 0. The van der Waals surface area contributed by atoms with Crippen molar-refractivity contribution in [1.82, 2.24) is 0 Å². The standard InChI is InChI=1S/C70H112O6/c1-4-7-10-13-16-19-22-24-26-27-28-29-30-31-32-33-34-35-36-37-38-39-40-41-42-43-45-46-48-51-54-57-60-63-69(72)75-66-67(65-74-68(71)62-59-56-53-50-21-18-15-12-9-6-3)76-70(73)64-61-58-55-52-49-47-44-25-23-20-17-14-11-8-5-2/h7-8,10-12,15-17,19-20,24-26,28-29,31-32,34-35,37-38,40-41,44,67H,4-6,9,13-14,18,21-23,27,30,33,36,39,42-43,45-66H2,1-3H3/b10-7-,11-8-,15-12-,19-16-,20-17-,26-24-,29-28-,32-31-,35-34-,38-37-,41-40-,44-25-. The maximum absolute atomic E-state index is 12.8. The Morgan fingerprint density at radius 3 is 0.816 bits per heavy atom. The van der Waals surface area contributed by atoms with Crippen LogP contribution in [0.2, 0.25) is 0 Å². The summed E-state index contributed by atoms with van der Waals surface area (Å²) in [4.78, 5) is 38.1. The number of hydrogen-bond donors (Lipinski definition) is 0. The molecule has 1 atom stereocenters. The van der Waals surface area contributed by atoms with Crippen LogP contribution in [0.1, 0.15) is 258 Å². The van der Waals surface area contributed by atoms with Crippen molar-refractivity contribution in [3.8, 4) is 0 Å². The fraction of sp³-hybridized carbons (Fsp3) is 0.614. The molecule has 0 aromatic heterocycles. The quantitative estimate of drug-likeness (QED) is 0.0261. The highest BCUT2D eigenvalue weighted by molar-refractivity contribution is 5.71. The molecule has 0 fully saturated rings. The van der Waals surface area contributed by atoms with Crippen LogP contribution in [0.5, 0.6) is 0 Å². The van der Waals surface area contributed by atoms with Crippen LogP contribution in [-0.4, -0.2) is 37.2 Å². The molecule has 428 valence electrons. The summed E-state index contributed by atoms with van der Waals surface area (Å²) < 4.78 is 16.8. The summed E-state index contributed by atoms with van der Waals surface area (Å²) in [6.07, 6.45) is 90.0. The maximum atomic E-state index is 12.8. The van der Waals surface area contributed by atoms with E-state index in [1.165, 1.54) is 44.9 Å². The summed E-state index contributed by atoms with van der Waals surface area (Å²) in [5.41, 5.74) is 0. The second-order valence-corrected chi connectivity index (χ2v) is 19.8. The van der Waals surface area contributed by atoms with Crippen molar-refractivity contribution in [2.45, 2.75) is 264 Å². The lowest BCUT2D eigenvalue weighted by molar-refractivity contribution is -0.167. The highest BCUT2D eigenvalue weighted by Gasteiger charge is 2.19. The Bertz CT molecular complexity index is 1680. The number of rotatable bonds is 54. The monoisotopic (exact) mass is 1050 g/mol. The third-order valence-corrected chi connectivity index (χ3v) is 12.5. The van der Waals surface area contributed by atoms with Gasteiger partial charge in [-0.2, -0.15) is 0 Å². The summed E-state index contributed by atoms with van der Waals surface area (Å²) in [7, 11) is 0. The van der Waals surface area contributed by atoms with E-state index in [9.17, 15) is 14.4 Å². The van der Waals surface area contributed by atoms with E-state index in [1.807, 2.05) is 0 Å². The minimum absolute atomic E-state index is 0.0961. The molecule has 0 saturated heterocycles. The molecule has 6 nitrogen and oxygen atoms in total. The molecule has 76 heavy (non-hydrogen) atoms. The molecule has 0 bridgehead atoms. The van der Waals surface area contributed by atoms with E-state index in [0.29, 0.717) is 19.3 Å². The van der Waals surface area contributed by atoms with Crippen molar-refractivity contribution in [3.63, 3.8) is 0 Å². The van der Waals surface area contributed by atoms with Crippen LogP contribution in [0, 0.1) is 0 Å². The highest BCUT2D eigenvalue weighted by atomic mass is 16.6. The van der Waals surface area contributed by atoms with Gasteiger partial charge in [-0.05, 0) is 135 Å². The van der Waals surface area contributed by atoms with Gasteiger partial charge in [-0.15, -0.1) is 0 Å². The van der Waals surface area contributed by atoms with E-state index in [1.54, 1.807) is 0 Å². The molecule has 0 aromatic rings. The van der Waals surface area contributed by atoms with E-state index in [4.69, 9.17) is 14.2 Å². The zero-order chi connectivity index (χ0) is 55.0. The van der Waals surface area contributed by atoms with Gasteiger partial charge >= 0.3 is 17.9 Å². The van der Waals surface area contributed by atoms with Crippen LogP contribution < -0.4 is 0 Å². The maximum Gasteiger partial charge on any atom is 0.306 e. The van der Waals surface area contributed by atoms with Crippen molar-refractivity contribution in [2.75, 3.05) is 13.2 Å². The second kappa shape index (κ2) is 62.8. The van der Waals surface area contributed by atoms with Gasteiger partial charge in [-0.25, -0.2) is 0 Å². The molecule has 0 heterocycles. The normalized spacial score (nSPS) is 13.1. The molecule has 0 N–H and O–H groups in total. The lowest BCUT2D eigenvalue weighted by atomic mass is 10.1. The van der Waals surface area contributed by atoms with Gasteiger partial charge in [0.1, 0.15) is 13.2 Å². The van der Waals surface area contributed by atoms with Crippen molar-refractivity contribution < 1.29 is 28.6 Å². The van der Waals surface area contributed by atoms with Gasteiger partial charge in [0.2, 0.25) is 0 Å². The number of ether oxygens (including phenoxy) is 3. The van der Waals surface area contributed by atoms with Crippen molar-refractivity contribution in [3.05, 3.63) is 146 Å². The molecule has 0 rings (SSSR count). The predicted molar refractivity (Wildman–Crippen MR) is 329 cm³/mol. The van der Waals surface area contributed by atoms with Gasteiger partial charge in [-0.1, -0.05) is 250 Å². The number of carbonyl (C=O) groups excluding carboxylic acids is 3. The summed E-state index contributed by atoms with van der Waals surface area (Å²) in [6.45, 7) is 6.31. The Hall–Kier alpha value is -4.71. The third kappa shape index (κ3) is 60.2. The van der Waals surface area contributed by atoms with Gasteiger partial charge < -0.3 is 14.2 Å². The van der Waals surface area contributed by atoms with E-state index in [2.05, 4.69) is 167 Å². The largest absolute Gasteiger partial charge is 0.462 e. The van der Waals surface area contributed by atoms with Crippen LogP contribution in [-0.2, 0) is 28.6 Å². The Morgan fingerprint density at radius 2 is 0.513 bits per heavy atom. The topological polar surface area (TPSA) is 78.9 Å². The molecule has 0 spiro atoms. The molecule has 0 saturated carbocycles. The average Bonchev–Trinajstić information content (AvgIpc) is 3.42. The predicted octanol–water partition coefficient (Wildman–Crippen LogP) is 21.2. The second-order valence-electron chi connectivity index (χ2n) is 19.8. The van der Waals surface area contributed by atoms with E-state index >= 15 is 0 Å². The Balaban J connectivity index is 4.24. The first-order valence-electron chi connectivity index (χ1n) is 30.8. The van der Waals surface area contributed by atoms with E-state index in [0.717, 1.165) is 173 Å². The molecule has 6 heteroatoms. The molecule has 0 aliphatic heterocycles. The highest BCUT2D eigenvalue weighted by Crippen LogP contribution is 2.14. The van der Waals surface area contributed by atoms with Crippen LogP contribution >= 0.6 is 0 Å². The van der Waals surface area contributed by atoms with Gasteiger partial charge in [-0.3, -0.25) is 14.4 Å². The van der Waals surface area contributed by atoms with E-state index in [-0.39, 0.29) is 31.1 Å². The molecule has 0 aromatic carbocycles. The first-order valence-corrected chi connectivity index (χ1v) is 30.8. The zero-order valence-corrected chi connectivity index (χ0v) is 49.0. The minimum Gasteiger partial charge on any atom is -0.462 e. The lowest BCUT2D eigenvalue weighted by Crippen LogP contribution is -2.30. The fourth-order valence-electron chi connectivity index (χ4n) is 8.00. The van der Waals surface area contributed by atoms with Crippen LogP contribution in [0.3, 0.4) is 0 Å². The Kier molecular flexibility index (Phi) is 58.9. The molecular formula is C70H112O6. The molecule has 0 aliphatic rings. The molecule has 1 unspecified atom stereocenters. The van der Waals surface area contributed by atoms with Crippen LogP contribution in [0.15, 0.2) is 146 Å². The molecular weight excluding hydrogens is 937 g/mol. The first-order chi connectivity index (χ1) is 37.5. The average molecular weight is 1050 g/mol. The zero-order valence-electron chi connectivity index (χ0n) is 49.0. The number of esters is 3. The van der Waals surface area contributed by atoms with Gasteiger partial charge in [0.15, 0.2) is 6.10 Å². The van der Waals surface area contributed by atoms with Crippen LogP contribution in [0.25, 0.3) is 0 Å². The lowest BCUT2D eigenvalue weighted by Gasteiger charge is -2.18. The summed E-state index contributed by atoms with van der Waals surface area (Å²) in [5.74, 6) is -0.936. The van der Waals surface area contributed by atoms with Crippen molar-refractivity contribution >= 4 is 17.9 Å². The first kappa shape index (κ1) is 71.3. The Morgan fingerprint density at radius 1 is 0.276 bits per heavy atom. The number of hydrogen-bond acceptors (Lipinski definition) is 6. The molecule has 0 radical (unpaired) electrons. The van der Waals surface area contributed by atoms with Gasteiger partial charge in [0.05, 0.1) is 0 Å². The molecule has 0 aliphatic carbocycles. The number of unbranched alkanes of at least 4 members (excludes halogenated alkanes) is 19. The van der Waals surface area contributed by atoms with Crippen LogP contribution in [0.4, 0.5) is 0 Å². The number of carbonyl (C=O) groups is 3. The van der Waals surface area contributed by atoms with Crippen molar-refractivity contribution in [1.29, 1.82) is 0 Å². The summed E-state index contributed by atoms with van der Waals surface area (Å²) >= 11 is 0. The Labute approximate surface area is 467 Å². The smallest absolute Gasteiger partial charge is 0.306 e. The fourth-order valence-corrected chi connectivity index (χ4v) is 8.00. The van der Waals surface area contributed by atoms with Gasteiger partial charge in [0, 0.05) is 19.3 Å². The SMILES string of the molecule is CC/C=C\C/C=C\C/C=C\C/C=C\C/C=C\C/C=C\C/C=C\C/C=C\CCCCCCCCCCC(=O)OCC(COC(=O)CCCCCCC/C=C\CCC)OC(=O)CCCCCCC/C=C\C/C=C\C/C=C\CC. The summed E-state index contributed by atoms with van der Waals surface area (Å²) in [6, 6.07) is 0. The van der Waals surface area contributed by atoms with Gasteiger partial charge in [0.25, 0.3) is 0 Å². The van der Waals surface area contributed by atoms with Crippen molar-refractivity contribution in [2.24, 2.45) is 0 Å². The number of allylic oxidation sites excluding steroid dienone is 24. The third-order valence-electron chi connectivity index (χ3n) is 12.5.